The maximum Gasteiger partial charge on any atom is 0.123 e. The number of hydrogen-bond donors (Lipinski definition) is 1. The molecule has 0 saturated heterocycles. The Bertz CT molecular complexity index is 496. The van der Waals surface area contributed by atoms with Gasteiger partial charge < -0.3 is 10.1 Å². The Morgan fingerprint density at radius 3 is 2.32 bits per heavy atom. The van der Waals surface area contributed by atoms with E-state index in [0.29, 0.717) is 0 Å². The molecular weight excluding hydrogens is 258 g/mol. The minimum absolute atomic E-state index is 0. The van der Waals surface area contributed by atoms with Crippen LogP contribution in [0.2, 0.25) is 0 Å². The number of nitrogens with one attached hydrogen (secondary N) is 1. The van der Waals surface area contributed by atoms with E-state index >= 15 is 0 Å². The number of benzene rings is 2. The van der Waals surface area contributed by atoms with Crippen LogP contribution in [0.1, 0.15) is 16.7 Å². The zero-order valence-corrected chi connectivity index (χ0v) is 12.2. The highest BCUT2D eigenvalue weighted by Gasteiger charge is 2.00. The summed E-state index contributed by atoms with van der Waals surface area (Å²) >= 11 is 0. The van der Waals surface area contributed by atoms with Gasteiger partial charge in [-0.15, -0.1) is 12.4 Å². The quantitative estimate of drug-likeness (QED) is 0.899. The summed E-state index contributed by atoms with van der Waals surface area (Å²) in [6, 6.07) is 16.7. The summed E-state index contributed by atoms with van der Waals surface area (Å²) in [5.41, 5.74) is 3.78. The van der Waals surface area contributed by atoms with Crippen molar-refractivity contribution < 1.29 is 4.74 Å². The van der Waals surface area contributed by atoms with Crippen molar-refractivity contribution in [1.82, 2.24) is 5.32 Å². The standard InChI is InChI=1S/C16H19NO.ClH/c1-13-7-9-14(10-8-13)11-17-12-15-5-3-4-6-16(15)18-2;/h3-10,17H,11-12H2,1-2H3;1H. The fourth-order valence-electron chi connectivity index (χ4n) is 1.90. The van der Waals surface area contributed by atoms with E-state index in [-0.39, 0.29) is 12.4 Å². The first-order chi connectivity index (χ1) is 8.79. The lowest BCUT2D eigenvalue weighted by Gasteiger charge is -2.09. The van der Waals surface area contributed by atoms with E-state index in [2.05, 4.69) is 42.6 Å². The molecule has 0 aromatic heterocycles. The molecule has 2 aromatic rings. The highest BCUT2D eigenvalue weighted by molar-refractivity contribution is 5.85. The number of methoxy groups -OCH3 is 1. The van der Waals surface area contributed by atoms with Gasteiger partial charge in [0.2, 0.25) is 0 Å². The lowest BCUT2D eigenvalue weighted by Crippen LogP contribution is -2.13. The van der Waals surface area contributed by atoms with Crippen LogP contribution in [0.4, 0.5) is 0 Å². The summed E-state index contributed by atoms with van der Waals surface area (Å²) in [5, 5.41) is 3.43. The highest BCUT2D eigenvalue weighted by Crippen LogP contribution is 2.16. The largest absolute Gasteiger partial charge is 0.496 e. The van der Waals surface area contributed by atoms with Crippen molar-refractivity contribution in [3.05, 3.63) is 65.2 Å². The fourth-order valence-corrected chi connectivity index (χ4v) is 1.90. The third kappa shape index (κ3) is 4.58. The first kappa shape index (κ1) is 15.5. The van der Waals surface area contributed by atoms with Gasteiger partial charge in [-0.3, -0.25) is 0 Å². The summed E-state index contributed by atoms with van der Waals surface area (Å²) < 4.78 is 5.32. The molecule has 2 rings (SSSR count). The van der Waals surface area contributed by atoms with Gasteiger partial charge >= 0.3 is 0 Å². The average Bonchev–Trinajstić information content (AvgIpc) is 2.41. The lowest BCUT2D eigenvalue weighted by molar-refractivity contribution is 0.407. The molecule has 0 amide bonds. The third-order valence-electron chi connectivity index (χ3n) is 2.96. The van der Waals surface area contributed by atoms with Crippen LogP contribution in [0.25, 0.3) is 0 Å². The summed E-state index contributed by atoms with van der Waals surface area (Å²) in [5.74, 6) is 0.939. The molecule has 0 spiro atoms. The monoisotopic (exact) mass is 277 g/mol. The average molecular weight is 278 g/mol. The van der Waals surface area contributed by atoms with Gasteiger partial charge in [0.1, 0.15) is 5.75 Å². The molecule has 1 N–H and O–H groups in total. The second kappa shape index (κ2) is 7.82. The molecule has 0 atom stereocenters. The van der Waals surface area contributed by atoms with Crippen LogP contribution in [-0.2, 0) is 13.1 Å². The smallest absolute Gasteiger partial charge is 0.123 e. The highest BCUT2D eigenvalue weighted by atomic mass is 35.5. The maximum absolute atomic E-state index is 5.32. The van der Waals surface area contributed by atoms with Crippen molar-refractivity contribution >= 4 is 12.4 Å². The van der Waals surface area contributed by atoms with Gasteiger partial charge in [0.05, 0.1) is 7.11 Å². The Morgan fingerprint density at radius 2 is 1.63 bits per heavy atom. The second-order valence-corrected chi connectivity index (χ2v) is 4.40. The molecule has 2 aromatic carbocycles. The van der Waals surface area contributed by atoms with Crippen molar-refractivity contribution in [2.45, 2.75) is 20.0 Å². The van der Waals surface area contributed by atoms with E-state index in [0.717, 1.165) is 18.8 Å². The summed E-state index contributed by atoms with van der Waals surface area (Å²) in [7, 11) is 1.71. The molecule has 0 radical (unpaired) electrons. The molecule has 102 valence electrons. The number of rotatable bonds is 5. The minimum Gasteiger partial charge on any atom is -0.496 e. The van der Waals surface area contributed by atoms with Gasteiger partial charge in [0.15, 0.2) is 0 Å². The molecule has 0 aliphatic heterocycles. The zero-order chi connectivity index (χ0) is 12.8. The lowest BCUT2D eigenvalue weighted by atomic mass is 10.1. The molecule has 0 saturated carbocycles. The number of para-hydroxylation sites is 1. The predicted octanol–water partition coefficient (Wildman–Crippen LogP) is 3.72. The van der Waals surface area contributed by atoms with Gasteiger partial charge in [-0.1, -0.05) is 48.0 Å². The maximum atomic E-state index is 5.32. The van der Waals surface area contributed by atoms with Crippen LogP contribution in [-0.4, -0.2) is 7.11 Å². The molecule has 0 fully saturated rings. The van der Waals surface area contributed by atoms with Gasteiger partial charge in [-0.2, -0.15) is 0 Å². The first-order valence-electron chi connectivity index (χ1n) is 6.18. The van der Waals surface area contributed by atoms with Gasteiger partial charge in [0.25, 0.3) is 0 Å². The van der Waals surface area contributed by atoms with Gasteiger partial charge in [-0.05, 0) is 18.6 Å². The van der Waals surface area contributed by atoms with Crippen molar-refractivity contribution in [2.75, 3.05) is 7.11 Å². The zero-order valence-electron chi connectivity index (χ0n) is 11.3. The van der Waals surface area contributed by atoms with Crippen LogP contribution in [0.5, 0.6) is 5.75 Å². The first-order valence-corrected chi connectivity index (χ1v) is 6.18. The van der Waals surface area contributed by atoms with Crippen LogP contribution in [0.3, 0.4) is 0 Å². The number of ether oxygens (including phenoxy) is 1. The Morgan fingerprint density at radius 1 is 0.947 bits per heavy atom. The summed E-state index contributed by atoms with van der Waals surface area (Å²) in [6.45, 7) is 3.79. The molecule has 0 bridgehead atoms. The fraction of sp³-hybridized carbons (Fsp3) is 0.250. The second-order valence-electron chi connectivity index (χ2n) is 4.40. The molecule has 0 unspecified atom stereocenters. The van der Waals surface area contributed by atoms with Crippen LogP contribution in [0.15, 0.2) is 48.5 Å². The van der Waals surface area contributed by atoms with Gasteiger partial charge in [0, 0.05) is 18.7 Å². The van der Waals surface area contributed by atoms with Crippen LogP contribution in [0, 0.1) is 6.92 Å². The Kier molecular flexibility index (Phi) is 6.40. The Labute approximate surface area is 121 Å². The predicted molar refractivity (Wildman–Crippen MR) is 82.0 cm³/mol. The van der Waals surface area contributed by atoms with E-state index in [4.69, 9.17) is 4.74 Å². The molecule has 0 aliphatic rings. The summed E-state index contributed by atoms with van der Waals surface area (Å²) in [4.78, 5) is 0. The molecule has 2 nitrogen and oxygen atoms in total. The minimum atomic E-state index is 0. The van der Waals surface area contributed by atoms with Crippen LogP contribution >= 0.6 is 12.4 Å². The number of aryl methyl sites for hydroxylation is 1. The normalized spacial score (nSPS) is 9.79. The SMILES string of the molecule is COc1ccccc1CNCc1ccc(C)cc1.Cl. The van der Waals surface area contributed by atoms with E-state index < -0.39 is 0 Å². The molecule has 0 aliphatic carbocycles. The molecule has 3 heteroatoms. The summed E-state index contributed by atoms with van der Waals surface area (Å²) in [6.07, 6.45) is 0. The third-order valence-corrected chi connectivity index (χ3v) is 2.96. The van der Waals surface area contributed by atoms with E-state index in [1.54, 1.807) is 7.11 Å². The van der Waals surface area contributed by atoms with Crippen molar-refractivity contribution in [3.63, 3.8) is 0 Å². The Hall–Kier alpha value is -1.51. The van der Waals surface area contributed by atoms with E-state index in [9.17, 15) is 0 Å². The topological polar surface area (TPSA) is 21.3 Å². The Balaban J connectivity index is 0.00000180. The van der Waals surface area contributed by atoms with Crippen LogP contribution < -0.4 is 10.1 Å². The van der Waals surface area contributed by atoms with Gasteiger partial charge in [-0.25, -0.2) is 0 Å². The molecule has 0 heterocycles. The molecule has 19 heavy (non-hydrogen) atoms. The van der Waals surface area contributed by atoms with Crippen molar-refractivity contribution in [3.8, 4) is 5.75 Å². The van der Waals surface area contributed by atoms with Crippen molar-refractivity contribution in [1.29, 1.82) is 0 Å². The van der Waals surface area contributed by atoms with Crippen molar-refractivity contribution in [2.24, 2.45) is 0 Å². The number of halogens is 1. The van der Waals surface area contributed by atoms with E-state index in [1.165, 1.54) is 16.7 Å². The van der Waals surface area contributed by atoms with E-state index in [1.807, 2.05) is 18.2 Å². The molecular formula is C16H20ClNO. The number of hydrogen-bond acceptors (Lipinski definition) is 2.